The molecule has 6 aromatic carbocycles. The summed E-state index contributed by atoms with van der Waals surface area (Å²) in [7, 11) is -3.46. The van der Waals surface area contributed by atoms with Gasteiger partial charge in [0.05, 0.1) is 49.9 Å². The summed E-state index contributed by atoms with van der Waals surface area (Å²) >= 11 is 0. The third kappa shape index (κ3) is 2.65. The first-order valence-electron chi connectivity index (χ1n) is 14.4. The van der Waals surface area contributed by atoms with Crippen molar-refractivity contribution in [3.8, 4) is 5.69 Å². The maximum Gasteiger partial charge on any atom is 0.263 e. The summed E-state index contributed by atoms with van der Waals surface area (Å²) in [5.41, 5.74) is 6.78. The molecule has 1 atom stereocenters. The molecule has 202 valence electrons. The molecule has 0 radical (unpaired) electrons. The Morgan fingerprint density at radius 3 is 1.51 bits per heavy atom. The van der Waals surface area contributed by atoms with Crippen LogP contribution in [0.2, 0.25) is 0 Å². The second kappa shape index (κ2) is 7.91. The van der Waals surface area contributed by atoms with E-state index in [4.69, 9.17) is 0 Å². The first-order valence-corrected chi connectivity index (χ1v) is 16.1. The lowest BCUT2D eigenvalue weighted by molar-refractivity contribution is 0.592. The zero-order chi connectivity index (χ0) is 28.4. The van der Waals surface area contributed by atoms with E-state index in [1.807, 2.05) is 83.4 Å². The fourth-order valence-electron chi connectivity index (χ4n) is 7.57. The standard InChI is InChI=1S/C37H22N3O2P/c41-37-27-16-8-7-15-25(27)26-21-22-32-36-33(26)40(37)31-20-10-19-30-35(31)43(36,42)34-28(38(30)23-11-3-1-4-12-23)17-9-18-29(34)39(32)24-13-5-2-6-14-24/h1-22H. The second-order valence-corrected chi connectivity index (χ2v) is 13.8. The number of para-hydroxylation sites is 2. The molecule has 3 aliphatic rings. The summed E-state index contributed by atoms with van der Waals surface area (Å²) in [6.45, 7) is 0. The van der Waals surface area contributed by atoms with Crippen LogP contribution in [-0.2, 0) is 4.57 Å². The molecular formula is C37H22N3O2P. The summed E-state index contributed by atoms with van der Waals surface area (Å²) in [6.07, 6.45) is 0. The van der Waals surface area contributed by atoms with E-state index in [9.17, 15) is 4.79 Å². The average Bonchev–Trinajstić information content (AvgIpc) is 3.05. The number of pyridine rings is 1. The number of rotatable bonds is 2. The lowest BCUT2D eigenvalue weighted by atomic mass is 10.0. The Labute approximate surface area is 246 Å². The highest BCUT2D eigenvalue weighted by atomic mass is 31.2. The molecule has 0 bridgehead atoms. The Hall–Kier alpha value is -5.38. The van der Waals surface area contributed by atoms with Crippen LogP contribution in [0, 0.1) is 0 Å². The lowest BCUT2D eigenvalue weighted by Gasteiger charge is -2.47. The van der Waals surface area contributed by atoms with Gasteiger partial charge in [-0.1, -0.05) is 72.8 Å². The van der Waals surface area contributed by atoms with Crippen molar-refractivity contribution in [2.24, 2.45) is 0 Å². The van der Waals surface area contributed by atoms with Gasteiger partial charge in [0.1, 0.15) is 0 Å². The highest BCUT2D eigenvalue weighted by Crippen LogP contribution is 2.64. The zero-order valence-electron chi connectivity index (χ0n) is 22.8. The van der Waals surface area contributed by atoms with Crippen LogP contribution < -0.4 is 31.3 Å². The molecule has 43 heavy (non-hydrogen) atoms. The van der Waals surface area contributed by atoms with Crippen molar-refractivity contribution >= 4 is 78.9 Å². The van der Waals surface area contributed by atoms with Crippen molar-refractivity contribution in [1.82, 2.24) is 4.57 Å². The number of nitrogens with zero attached hydrogens (tertiary/aromatic N) is 3. The SMILES string of the molecule is O=c1c2ccccc2c2ccc3c4c2n1-c1cccc2c1P4(=O)c1c(cccc1N3c1ccccc1)N2c1ccccc1. The number of fused-ring (bicyclic) bond motifs is 3. The summed E-state index contributed by atoms with van der Waals surface area (Å²) in [4.78, 5) is 18.9. The lowest BCUT2D eigenvalue weighted by Crippen LogP contribution is -2.47. The van der Waals surface area contributed by atoms with Crippen LogP contribution in [-0.4, -0.2) is 4.57 Å². The zero-order valence-corrected chi connectivity index (χ0v) is 23.7. The third-order valence-corrected chi connectivity index (χ3v) is 12.4. The first kappa shape index (κ1) is 23.2. The van der Waals surface area contributed by atoms with Crippen molar-refractivity contribution in [2.75, 3.05) is 9.80 Å². The summed E-state index contributed by atoms with van der Waals surface area (Å²) in [5, 5.41) is 4.74. The van der Waals surface area contributed by atoms with Gasteiger partial charge in [0.15, 0.2) is 7.14 Å². The second-order valence-electron chi connectivity index (χ2n) is 11.3. The van der Waals surface area contributed by atoms with Gasteiger partial charge in [-0.2, -0.15) is 0 Å². The number of aromatic nitrogens is 1. The molecule has 3 aliphatic heterocycles. The molecule has 7 aromatic rings. The van der Waals surface area contributed by atoms with E-state index in [1.54, 1.807) is 0 Å². The van der Waals surface area contributed by atoms with Crippen LogP contribution in [0.5, 0.6) is 0 Å². The van der Waals surface area contributed by atoms with Crippen molar-refractivity contribution in [2.45, 2.75) is 0 Å². The largest absolute Gasteiger partial charge is 0.309 e. The minimum Gasteiger partial charge on any atom is -0.309 e. The minimum absolute atomic E-state index is 0.0988. The van der Waals surface area contributed by atoms with Crippen LogP contribution in [0.4, 0.5) is 34.1 Å². The summed E-state index contributed by atoms with van der Waals surface area (Å²) in [5.74, 6) is 0. The highest BCUT2D eigenvalue weighted by molar-refractivity contribution is 7.87. The Morgan fingerprint density at radius 2 is 0.907 bits per heavy atom. The van der Waals surface area contributed by atoms with E-state index in [0.29, 0.717) is 11.1 Å². The van der Waals surface area contributed by atoms with Gasteiger partial charge < -0.3 is 14.4 Å². The van der Waals surface area contributed by atoms with Gasteiger partial charge in [0.2, 0.25) is 0 Å². The molecule has 4 heterocycles. The topological polar surface area (TPSA) is 45.6 Å². The molecule has 0 N–H and O–H groups in total. The fourth-order valence-corrected chi connectivity index (χ4v) is 11.2. The normalized spacial score (nSPS) is 17.0. The maximum absolute atomic E-state index is 16.4. The quantitative estimate of drug-likeness (QED) is 0.158. The van der Waals surface area contributed by atoms with E-state index in [1.165, 1.54) is 0 Å². The van der Waals surface area contributed by atoms with Crippen LogP contribution in [0.15, 0.2) is 138 Å². The van der Waals surface area contributed by atoms with Gasteiger partial charge >= 0.3 is 0 Å². The third-order valence-electron chi connectivity index (χ3n) is 9.17. The first-order chi connectivity index (χ1) is 21.2. The molecule has 1 unspecified atom stereocenters. The number of hydrogen-bond acceptors (Lipinski definition) is 4. The minimum atomic E-state index is -3.46. The van der Waals surface area contributed by atoms with Gasteiger partial charge in [-0.25, -0.2) is 0 Å². The summed E-state index contributed by atoms with van der Waals surface area (Å²) < 4.78 is 18.3. The van der Waals surface area contributed by atoms with Crippen molar-refractivity contribution < 1.29 is 4.57 Å². The molecule has 0 saturated heterocycles. The van der Waals surface area contributed by atoms with Gasteiger partial charge in [-0.3, -0.25) is 9.36 Å². The van der Waals surface area contributed by atoms with E-state index in [2.05, 4.69) is 64.4 Å². The Balaban J connectivity index is 1.49. The van der Waals surface area contributed by atoms with E-state index in [-0.39, 0.29) is 5.56 Å². The smallest absolute Gasteiger partial charge is 0.263 e. The predicted octanol–water partition coefficient (Wildman–Crippen LogP) is 7.66. The maximum atomic E-state index is 16.4. The van der Waals surface area contributed by atoms with Crippen molar-refractivity contribution in [1.29, 1.82) is 0 Å². The van der Waals surface area contributed by atoms with Crippen LogP contribution in [0.25, 0.3) is 27.4 Å². The molecule has 0 saturated carbocycles. The monoisotopic (exact) mass is 571 g/mol. The van der Waals surface area contributed by atoms with Crippen molar-refractivity contribution in [3.05, 3.63) is 144 Å². The number of hydrogen-bond donors (Lipinski definition) is 0. The Morgan fingerprint density at radius 1 is 0.419 bits per heavy atom. The molecule has 10 rings (SSSR count). The van der Waals surface area contributed by atoms with E-state index < -0.39 is 7.14 Å². The average molecular weight is 572 g/mol. The van der Waals surface area contributed by atoms with Crippen molar-refractivity contribution in [3.63, 3.8) is 0 Å². The van der Waals surface area contributed by atoms with E-state index in [0.717, 1.165) is 66.3 Å². The molecular weight excluding hydrogens is 549 g/mol. The molecule has 6 heteroatoms. The highest BCUT2D eigenvalue weighted by Gasteiger charge is 2.53. The molecule has 0 aliphatic carbocycles. The fraction of sp³-hybridized carbons (Fsp3) is 0. The van der Waals surface area contributed by atoms with Gasteiger partial charge in [-0.05, 0) is 66.0 Å². The summed E-state index contributed by atoms with van der Waals surface area (Å²) in [6, 6.07) is 44.6. The van der Waals surface area contributed by atoms with Gasteiger partial charge in [-0.15, -0.1) is 0 Å². The molecule has 0 fully saturated rings. The number of benzene rings is 6. The molecule has 1 aromatic heterocycles. The van der Waals surface area contributed by atoms with Crippen LogP contribution in [0.3, 0.4) is 0 Å². The van der Waals surface area contributed by atoms with Crippen LogP contribution in [0.1, 0.15) is 0 Å². The van der Waals surface area contributed by atoms with Gasteiger partial charge in [0, 0.05) is 22.1 Å². The molecule has 0 amide bonds. The van der Waals surface area contributed by atoms with E-state index >= 15 is 4.57 Å². The predicted molar refractivity (Wildman–Crippen MR) is 176 cm³/mol. The Bertz CT molecular complexity index is 2460. The Kier molecular flexibility index (Phi) is 4.27. The molecule has 5 nitrogen and oxygen atoms in total. The molecule has 0 spiro atoms. The number of anilines is 6. The van der Waals surface area contributed by atoms with Gasteiger partial charge in [0.25, 0.3) is 5.56 Å². The van der Waals surface area contributed by atoms with Crippen LogP contribution >= 0.6 is 7.14 Å².